The van der Waals surface area contributed by atoms with Gasteiger partial charge in [-0.2, -0.15) is 0 Å². The van der Waals surface area contributed by atoms with Crippen LogP contribution in [-0.4, -0.2) is 20.0 Å². The molecular formula is C12H8Cl2O3S2. The molecule has 0 amide bonds. The predicted octanol–water partition coefficient (Wildman–Crippen LogP) is 3.71. The largest absolute Gasteiger partial charge is 0.292 e. The number of thiophene rings is 1. The molecule has 2 aromatic rings. The number of Topliss-reactive ketones (excluding diaryl/α,β-unsaturated/α-hetero) is 1. The van der Waals surface area contributed by atoms with E-state index in [1.165, 1.54) is 24.3 Å². The smallest absolute Gasteiger partial charge is 0.188 e. The number of hydrogen-bond donors (Lipinski definition) is 0. The minimum Gasteiger partial charge on any atom is -0.292 e. The fraction of sp³-hybridized carbons (Fsp3) is 0.0833. The van der Waals surface area contributed by atoms with Crippen LogP contribution in [0.15, 0.2) is 41.3 Å². The molecule has 0 bridgehead atoms. The normalized spacial score (nSPS) is 11.5. The van der Waals surface area contributed by atoms with Gasteiger partial charge in [0.25, 0.3) is 0 Å². The molecule has 19 heavy (non-hydrogen) atoms. The van der Waals surface area contributed by atoms with Gasteiger partial charge in [-0.05, 0) is 30.3 Å². The van der Waals surface area contributed by atoms with Crippen molar-refractivity contribution in [1.82, 2.24) is 0 Å². The van der Waals surface area contributed by atoms with Crippen molar-refractivity contribution in [2.45, 2.75) is 4.90 Å². The Kier molecular flexibility index (Phi) is 4.30. The van der Waals surface area contributed by atoms with Gasteiger partial charge in [0.1, 0.15) is 5.75 Å². The average molecular weight is 335 g/mol. The van der Waals surface area contributed by atoms with E-state index in [2.05, 4.69) is 0 Å². The molecule has 100 valence electrons. The first-order valence-corrected chi connectivity index (χ1v) is 8.38. The zero-order chi connectivity index (χ0) is 14.0. The highest BCUT2D eigenvalue weighted by Gasteiger charge is 2.21. The van der Waals surface area contributed by atoms with Gasteiger partial charge in [0.2, 0.25) is 0 Å². The van der Waals surface area contributed by atoms with Gasteiger partial charge in [-0.1, -0.05) is 29.3 Å². The highest BCUT2D eigenvalue weighted by Crippen LogP contribution is 2.23. The zero-order valence-corrected chi connectivity index (χ0v) is 12.6. The molecule has 0 aliphatic rings. The van der Waals surface area contributed by atoms with Crippen LogP contribution in [-0.2, 0) is 9.84 Å². The van der Waals surface area contributed by atoms with Gasteiger partial charge in [-0.3, -0.25) is 4.79 Å². The monoisotopic (exact) mass is 334 g/mol. The summed E-state index contributed by atoms with van der Waals surface area (Å²) in [6, 6.07) is 8.92. The van der Waals surface area contributed by atoms with E-state index in [4.69, 9.17) is 23.2 Å². The topological polar surface area (TPSA) is 51.2 Å². The molecule has 0 saturated carbocycles. The lowest BCUT2D eigenvalue weighted by Gasteiger charge is -2.03. The molecule has 0 aliphatic carbocycles. The van der Waals surface area contributed by atoms with E-state index in [1.54, 1.807) is 12.1 Å². The fourth-order valence-electron chi connectivity index (χ4n) is 1.45. The van der Waals surface area contributed by atoms with Crippen LogP contribution in [0.1, 0.15) is 9.67 Å². The summed E-state index contributed by atoms with van der Waals surface area (Å²) in [5.74, 6) is -1.07. The molecule has 0 N–H and O–H groups in total. The molecule has 0 aliphatic heterocycles. The Labute approximate surface area is 124 Å². The number of sulfone groups is 1. The lowest BCUT2D eigenvalue weighted by Crippen LogP contribution is -2.15. The van der Waals surface area contributed by atoms with Crippen molar-refractivity contribution < 1.29 is 13.2 Å². The minimum absolute atomic E-state index is 0.0380. The van der Waals surface area contributed by atoms with E-state index >= 15 is 0 Å². The van der Waals surface area contributed by atoms with Crippen LogP contribution in [0.4, 0.5) is 0 Å². The van der Waals surface area contributed by atoms with E-state index in [1.807, 2.05) is 0 Å². The van der Waals surface area contributed by atoms with Gasteiger partial charge >= 0.3 is 0 Å². The van der Waals surface area contributed by atoms with Crippen molar-refractivity contribution in [1.29, 1.82) is 0 Å². The number of carbonyl (C=O) groups excluding carboxylic acids is 1. The molecule has 0 atom stereocenters. The predicted molar refractivity (Wildman–Crippen MR) is 77.2 cm³/mol. The maximum atomic E-state index is 12.1. The average Bonchev–Trinajstić information content (AvgIpc) is 2.75. The Morgan fingerprint density at radius 3 is 2.47 bits per heavy atom. The molecule has 7 heteroatoms. The first kappa shape index (κ1) is 14.5. The van der Waals surface area contributed by atoms with Crippen LogP contribution in [0.25, 0.3) is 0 Å². The third-order valence-electron chi connectivity index (χ3n) is 2.32. The molecule has 1 aromatic heterocycles. The lowest BCUT2D eigenvalue weighted by atomic mass is 10.3. The first-order valence-electron chi connectivity index (χ1n) is 5.15. The van der Waals surface area contributed by atoms with Crippen LogP contribution < -0.4 is 0 Å². The molecule has 0 fully saturated rings. The van der Waals surface area contributed by atoms with Gasteiger partial charge in [-0.15, -0.1) is 11.3 Å². The highest BCUT2D eigenvalue weighted by atomic mass is 35.5. The maximum absolute atomic E-state index is 12.1. The van der Waals surface area contributed by atoms with Crippen LogP contribution in [0, 0.1) is 0 Å². The third-order valence-corrected chi connectivity index (χ3v) is 5.45. The molecular weight excluding hydrogens is 327 g/mol. The standard InChI is InChI=1S/C12H8Cl2O3S2/c13-8-2-1-3-9(6-8)19(16,17)7-10(15)11-4-5-12(14)18-11/h1-6H,7H2. The second-order valence-corrected chi connectivity index (χ2v) is 7.88. The van der Waals surface area contributed by atoms with Crippen LogP contribution in [0.2, 0.25) is 9.36 Å². The second kappa shape index (κ2) is 5.63. The van der Waals surface area contributed by atoms with E-state index < -0.39 is 21.4 Å². The number of hydrogen-bond acceptors (Lipinski definition) is 4. The summed E-state index contributed by atoms with van der Waals surface area (Å²) < 4.78 is 24.6. The molecule has 0 saturated heterocycles. The highest BCUT2D eigenvalue weighted by molar-refractivity contribution is 7.92. The van der Waals surface area contributed by atoms with Crippen molar-refractivity contribution in [2.24, 2.45) is 0 Å². The van der Waals surface area contributed by atoms with Crippen LogP contribution in [0.3, 0.4) is 0 Å². The first-order chi connectivity index (χ1) is 8.88. The van der Waals surface area contributed by atoms with E-state index in [0.717, 1.165) is 11.3 Å². The SMILES string of the molecule is O=C(CS(=O)(=O)c1cccc(Cl)c1)c1ccc(Cl)s1. The van der Waals surface area contributed by atoms with Gasteiger partial charge in [0.05, 0.1) is 14.1 Å². The number of rotatable bonds is 4. The number of halogens is 2. The quantitative estimate of drug-likeness (QED) is 0.801. The summed E-state index contributed by atoms with van der Waals surface area (Å²) in [5, 5.41) is 0.313. The minimum atomic E-state index is -3.69. The van der Waals surface area contributed by atoms with Gasteiger partial charge in [0, 0.05) is 5.02 Å². The Morgan fingerprint density at radius 1 is 1.16 bits per heavy atom. The Balaban J connectivity index is 2.25. The van der Waals surface area contributed by atoms with Crippen LogP contribution >= 0.6 is 34.5 Å². The number of carbonyl (C=O) groups is 1. The van der Waals surface area contributed by atoms with Crippen molar-refractivity contribution in [3.05, 3.63) is 50.6 Å². The molecule has 1 heterocycles. The van der Waals surface area contributed by atoms with Gasteiger partial charge in [-0.25, -0.2) is 8.42 Å². The van der Waals surface area contributed by atoms with E-state index in [9.17, 15) is 13.2 Å². The van der Waals surface area contributed by atoms with Gasteiger partial charge in [0.15, 0.2) is 15.6 Å². The van der Waals surface area contributed by atoms with Crippen molar-refractivity contribution in [3.8, 4) is 0 Å². The summed E-state index contributed by atoms with van der Waals surface area (Å²) in [6.07, 6.45) is 0. The van der Waals surface area contributed by atoms with Crippen molar-refractivity contribution in [2.75, 3.05) is 5.75 Å². The Morgan fingerprint density at radius 2 is 1.89 bits per heavy atom. The van der Waals surface area contributed by atoms with Crippen LogP contribution in [0.5, 0.6) is 0 Å². The third kappa shape index (κ3) is 3.57. The lowest BCUT2D eigenvalue weighted by molar-refractivity contribution is 0.102. The summed E-state index contributed by atoms with van der Waals surface area (Å²) >= 11 is 12.5. The molecule has 3 nitrogen and oxygen atoms in total. The Bertz CT molecular complexity index is 720. The summed E-state index contributed by atoms with van der Waals surface area (Å²) in [5.41, 5.74) is 0. The van der Waals surface area contributed by atoms with Gasteiger partial charge < -0.3 is 0 Å². The van der Waals surface area contributed by atoms with E-state index in [0.29, 0.717) is 14.2 Å². The number of benzene rings is 1. The fourth-order valence-corrected chi connectivity index (χ4v) is 4.04. The summed E-state index contributed by atoms with van der Waals surface area (Å²) in [4.78, 5) is 12.2. The molecule has 0 unspecified atom stereocenters. The molecule has 1 aromatic carbocycles. The zero-order valence-electron chi connectivity index (χ0n) is 9.47. The second-order valence-electron chi connectivity index (χ2n) is 3.74. The molecule has 2 rings (SSSR count). The van der Waals surface area contributed by atoms with E-state index in [-0.39, 0.29) is 4.90 Å². The molecule has 0 spiro atoms. The maximum Gasteiger partial charge on any atom is 0.188 e. The summed E-state index contributed by atoms with van der Waals surface area (Å²) in [6.45, 7) is 0. The number of ketones is 1. The van der Waals surface area contributed by atoms with Crippen molar-refractivity contribution >= 4 is 50.2 Å². The Hall–Kier alpha value is -0.880. The molecule has 0 radical (unpaired) electrons. The summed E-state index contributed by atoms with van der Waals surface area (Å²) in [7, 11) is -3.69. The van der Waals surface area contributed by atoms with Crippen molar-refractivity contribution in [3.63, 3.8) is 0 Å².